The lowest BCUT2D eigenvalue weighted by Gasteiger charge is -2.31. The number of amides is 4. The molecule has 4 amide bonds. The van der Waals surface area contributed by atoms with Crippen molar-refractivity contribution in [3.8, 4) is 0 Å². The number of aliphatic carboxylic acids is 2. The Morgan fingerprint density at radius 2 is 1.50 bits per heavy atom. The first-order chi connectivity index (χ1) is 15.7. The molecule has 0 spiro atoms. The molecule has 0 aromatic carbocycles. The Hall–Kier alpha value is -3.16. The van der Waals surface area contributed by atoms with E-state index >= 15 is 0 Å². The first-order valence-corrected chi connectivity index (χ1v) is 11.0. The predicted molar refractivity (Wildman–Crippen MR) is 120 cm³/mol. The molecule has 1 aliphatic heterocycles. The molecule has 0 aromatic rings. The summed E-state index contributed by atoms with van der Waals surface area (Å²) in [5.74, 6) is -5.92. The summed E-state index contributed by atoms with van der Waals surface area (Å²) in [4.78, 5) is 84.8. The van der Waals surface area contributed by atoms with Gasteiger partial charge in [-0.2, -0.15) is 0 Å². The summed E-state index contributed by atoms with van der Waals surface area (Å²) in [6.45, 7) is 4.58. The van der Waals surface area contributed by atoms with Crippen molar-refractivity contribution >= 4 is 53.3 Å². The van der Waals surface area contributed by atoms with Crippen molar-refractivity contribution in [3.63, 3.8) is 0 Å². The number of carbonyl (C=O) groups is 7. The molecule has 0 bridgehead atoms. The number of nitrogens with zero attached hydrogens (tertiary/aromatic N) is 1. The molecule has 0 unspecified atom stereocenters. The topological polar surface area (TPSA) is 199 Å². The summed E-state index contributed by atoms with van der Waals surface area (Å²) in [7, 11) is 0. The summed E-state index contributed by atoms with van der Waals surface area (Å²) in [5, 5.41) is 24.1. The Morgan fingerprint density at radius 3 is 1.97 bits per heavy atom. The zero-order chi connectivity index (χ0) is 26.2. The number of carboxylic acid groups (broad SMARTS) is 2. The number of likely N-dealkylation sites (tertiary alicyclic amines) is 1. The van der Waals surface area contributed by atoms with Crippen LogP contribution in [0.1, 0.15) is 46.5 Å². The molecule has 13 nitrogen and oxygen atoms in total. The maximum atomic E-state index is 13.3. The molecule has 1 saturated heterocycles. The van der Waals surface area contributed by atoms with E-state index in [0.717, 1.165) is 6.92 Å². The second-order valence-electron chi connectivity index (χ2n) is 8.27. The summed E-state index contributed by atoms with van der Waals surface area (Å²) in [5.41, 5.74) is 0. The highest BCUT2D eigenvalue weighted by Gasteiger charge is 2.40. The van der Waals surface area contributed by atoms with E-state index in [4.69, 9.17) is 10.2 Å². The Bertz CT molecular complexity index is 832. The van der Waals surface area contributed by atoms with Gasteiger partial charge in [-0.3, -0.25) is 33.6 Å². The van der Waals surface area contributed by atoms with Gasteiger partial charge in [0.25, 0.3) is 0 Å². The smallest absolute Gasteiger partial charge is 0.305 e. The summed E-state index contributed by atoms with van der Waals surface area (Å²) < 4.78 is 0. The lowest BCUT2D eigenvalue weighted by molar-refractivity contribution is -0.144. The number of carboxylic acids is 2. The Labute approximate surface area is 201 Å². The molecule has 4 atom stereocenters. The molecular formula is C20H30N4O9S. The van der Waals surface area contributed by atoms with Gasteiger partial charge in [0.15, 0.2) is 0 Å². The van der Waals surface area contributed by atoms with Gasteiger partial charge in [0.2, 0.25) is 28.7 Å². The molecule has 0 saturated carbocycles. The zero-order valence-electron chi connectivity index (χ0n) is 19.1. The van der Waals surface area contributed by atoms with Crippen LogP contribution in [0.15, 0.2) is 0 Å². The van der Waals surface area contributed by atoms with Crippen molar-refractivity contribution in [3.05, 3.63) is 0 Å². The fourth-order valence-electron chi connectivity index (χ4n) is 3.52. The molecule has 0 aromatic heterocycles. The SMILES string of the molecule is CC(=O)N[C@@H](CC(=O)O)C(=O)N[C@H](C(=O)N1CCC[C@H]1C(=O)N[C@@H](CC(=O)O)C(=O)S)C(C)C. The Morgan fingerprint density at radius 1 is 0.941 bits per heavy atom. The summed E-state index contributed by atoms with van der Waals surface area (Å²) >= 11 is 3.59. The van der Waals surface area contributed by atoms with Crippen LogP contribution >= 0.6 is 12.6 Å². The fraction of sp³-hybridized carbons (Fsp3) is 0.650. The van der Waals surface area contributed by atoms with Crippen LogP contribution < -0.4 is 16.0 Å². The number of hydrogen-bond donors (Lipinski definition) is 6. The second-order valence-corrected chi connectivity index (χ2v) is 8.71. The third-order valence-corrected chi connectivity index (χ3v) is 5.45. The molecule has 14 heteroatoms. The maximum Gasteiger partial charge on any atom is 0.305 e. The average molecular weight is 503 g/mol. The first-order valence-electron chi connectivity index (χ1n) is 10.6. The van der Waals surface area contributed by atoms with Crippen molar-refractivity contribution < 1.29 is 43.8 Å². The molecular weight excluding hydrogens is 472 g/mol. The highest BCUT2D eigenvalue weighted by molar-refractivity contribution is 7.96. The normalized spacial score (nSPS) is 17.9. The molecule has 0 aliphatic carbocycles. The van der Waals surface area contributed by atoms with Gasteiger partial charge in [0.05, 0.1) is 12.8 Å². The third kappa shape index (κ3) is 8.65. The van der Waals surface area contributed by atoms with Gasteiger partial charge in [0.1, 0.15) is 24.2 Å². The first kappa shape index (κ1) is 28.9. The monoisotopic (exact) mass is 502 g/mol. The maximum absolute atomic E-state index is 13.3. The minimum Gasteiger partial charge on any atom is -0.481 e. The van der Waals surface area contributed by atoms with Crippen LogP contribution in [0.4, 0.5) is 0 Å². The van der Waals surface area contributed by atoms with E-state index in [0.29, 0.717) is 6.42 Å². The number of nitrogens with one attached hydrogen (secondary N) is 3. The van der Waals surface area contributed by atoms with Crippen LogP contribution in [0.2, 0.25) is 0 Å². The van der Waals surface area contributed by atoms with Crippen molar-refractivity contribution in [2.75, 3.05) is 6.54 Å². The average Bonchev–Trinajstić information content (AvgIpc) is 3.19. The lowest BCUT2D eigenvalue weighted by atomic mass is 10.0. The van der Waals surface area contributed by atoms with Crippen LogP contribution in [-0.2, 0) is 33.6 Å². The van der Waals surface area contributed by atoms with Gasteiger partial charge in [-0.1, -0.05) is 13.8 Å². The Kier molecular flexibility index (Phi) is 11.0. The van der Waals surface area contributed by atoms with E-state index in [2.05, 4.69) is 28.6 Å². The van der Waals surface area contributed by atoms with E-state index in [-0.39, 0.29) is 13.0 Å². The van der Waals surface area contributed by atoms with E-state index in [9.17, 15) is 33.6 Å². The van der Waals surface area contributed by atoms with Crippen LogP contribution in [0.5, 0.6) is 0 Å². The molecule has 5 N–H and O–H groups in total. The van der Waals surface area contributed by atoms with Crippen LogP contribution in [0.25, 0.3) is 0 Å². The molecule has 1 fully saturated rings. The van der Waals surface area contributed by atoms with Crippen molar-refractivity contribution in [1.82, 2.24) is 20.9 Å². The summed E-state index contributed by atoms with van der Waals surface area (Å²) in [6.07, 6.45) is -0.658. The van der Waals surface area contributed by atoms with Crippen molar-refractivity contribution in [1.29, 1.82) is 0 Å². The minimum atomic E-state index is -1.40. The van der Waals surface area contributed by atoms with Gasteiger partial charge < -0.3 is 31.1 Å². The highest BCUT2D eigenvalue weighted by Crippen LogP contribution is 2.21. The second kappa shape index (κ2) is 12.9. The van der Waals surface area contributed by atoms with E-state index in [1.54, 1.807) is 13.8 Å². The standard InChI is InChI=1S/C20H30N4O9S/c1-9(2)16(23-17(30)11(7-14(26)27)21-10(3)25)19(32)24-6-4-5-13(24)18(31)22-12(20(33)34)8-15(28)29/h9,11-13,16H,4-8H2,1-3H3,(H,21,25)(H,22,31)(H,23,30)(H,26,27)(H,28,29)(H,33,34)/t11-,12-,13-,16-/m0/s1. The molecule has 0 radical (unpaired) electrons. The zero-order valence-corrected chi connectivity index (χ0v) is 20.0. The fourth-order valence-corrected chi connectivity index (χ4v) is 3.68. The molecule has 1 heterocycles. The van der Waals surface area contributed by atoms with E-state index in [1.807, 2.05) is 0 Å². The van der Waals surface area contributed by atoms with Crippen LogP contribution in [-0.4, -0.2) is 86.5 Å². The minimum absolute atomic E-state index is 0.179. The van der Waals surface area contributed by atoms with E-state index in [1.165, 1.54) is 4.90 Å². The quantitative estimate of drug-likeness (QED) is 0.172. The van der Waals surface area contributed by atoms with Crippen molar-refractivity contribution in [2.45, 2.75) is 70.6 Å². The van der Waals surface area contributed by atoms with Crippen LogP contribution in [0.3, 0.4) is 0 Å². The Balaban J connectivity index is 3.02. The summed E-state index contributed by atoms with van der Waals surface area (Å²) in [6, 6.07) is -4.91. The lowest BCUT2D eigenvalue weighted by Crippen LogP contribution is -2.59. The molecule has 1 rings (SSSR count). The highest BCUT2D eigenvalue weighted by atomic mass is 32.1. The van der Waals surface area contributed by atoms with Gasteiger partial charge in [-0.15, -0.1) is 12.6 Å². The van der Waals surface area contributed by atoms with E-state index < -0.39 is 83.6 Å². The molecule has 190 valence electrons. The molecule has 34 heavy (non-hydrogen) atoms. The molecule has 1 aliphatic rings. The number of hydrogen-bond acceptors (Lipinski definition) is 7. The van der Waals surface area contributed by atoms with Gasteiger partial charge in [-0.05, 0) is 18.8 Å². The predicted octanol–water partition coefficient (Wildman–Crippen LogP) is -1.49. The van der Waals surface area contributed by atoms with Gasteiger partial charge >= 0.3 is 11.9 Å². The number of thiol groups is 1. The van der Waals surface area contributed by atoms with Gasteiger partial charge in [0, 0.05) is 13.5 Å². The van der Waals surface area contributed by atoms with Gasteiger partial charge in [-0.25, -0.2) is 0 Å². The van der Waals surface area contributed by atoms with Crippen LogP contribution in [0, 0.1) is 5.92 Å². The number of carbonyl (C=O) groups excluding carboxylic acids is 5. The van der Waals surface area contributed by atoms with Crippen molar-refractivity contribution in [2.24, 2.45) is 5.92 Å². The largest absolute Gasteiger partial charge is 0.481 e. The number of rotatable bonds is 12. The third-order valence-electron chi connectivity index (χ3n) is 5.14.